The Morgan fingerprint density at radius 3 is 2.28 bits per heavy atom. The first-order chi connectivity index (χ1) is 31.0. The molecule has 0 radical (unpaired) electrons. The van der Waals surface area contributed by atoms with E-state index in [4.69, 9.17) is 23.2 Å². The van der Waals surface area contributed by atoms with Crippen molar-refractivity contribution in [3.8, 4) is 11.1 Å². The van der Waals surface area contributed by atoms with Crippen molar-refractivity contribution in [2.45, 2.75) is 64.5 Å². The van der Waals surface area contributed by atoms with Gasteiger partial charge in [-0.2, -0.15) is 0 Å². The van der Waals surface area contributed by atoms with Crippen molar-refractivity contribution in [3.05, 3.63) is 135 Å². The highest BCUT2D eigenvalue weighted by molar-refractivity contribution is 7.92. The summed E-state index contributed by atoms with van der Waals surface area (Å²) in [6.45, 7) is 11.2. The van der Waals surface area contributed by atoms with E-state index in [2.05, 4.69) is 55.6 Å². The van der Waals surface area contributed by atoms with Gasteiger partial charge < -0.3 is 25.2 Å². The summed E-state index contributed by atoms with van der Waals surface area (Å²) in [6, 6.07) is 18.3. The molecule has 1 aliphatic carbocycles. The van der Waals surface area contributed by atoms with Gasteiger partial charge in [0.1, 0.15) is 23.6 Å². The molecule has 0 saturated carbocycles. The molecule has 3 aromatic carbocycles. The number of aromatic nitrogens is 4. The standard InChI is InChI=1S/C24H32ClN5O2.C23H18ClF2N3O3S/c1-15(2)26-13-19(17-4-6-18(25)7-5-17)24(32)30-10-8-29(9-11-30)23-21-16(3)12-20(31)22(21)27-14-28-23;1-2-9-33(31,32)29-19-8-7-18(25)20(21(19)26)22(30)17-12-28-23-16(17)10-14(11-27-23)13-3-5-15(24)6-4-13/h4-7,14-16,19-20,26,31H,8-13H2,1-3H3;3-8,10-12,29H,2,9H2,1H3,(H,27,28). The van der Waals surface area contributed by atoms with Crippen LogP contribution in [-0.2, 0) is 14.8 Å². The van der Waals surface area contributed by atoms with E-state index in [1.54, 1.807) is 49.8 Å². The highest BCUT2D eigenvalue weighted by Gasteiger charge is 2.35. The van der Waals surface area contributed by atoms with E-state index in [-0.39, 0.29) is 29.1 Å². The lowest BCUT2D eigenvalue weighted by atomic mass is 9.96. The van der Waals surface area contributed by atoms with E-state index in [0.29, 0.717) is 78.2 Å². The zero-order chi connectivity index (χ0) is 46.6. The number of nitrogens with zero attached hydrogens (tertiary/aromatic N) is 5. The summed E-state index contributed by atoms with van der Waals surface area (Å²) in [7, 11) is -3.84. The molecule has 342 valence electrons. The number of hydrogen-bond acceptors (Lipinski definition) is 10. The number of aromatic amines is 1. The van der Waals surface area contributed by atoms with Crippen LogP contribution >= 0.6 is 23.2 Å². The predicted molar refractivity (Wildman–Crippen MR) is 250 cm³/mol. The second-order valence-electron chi connectivity index (χ2n) is 16.5. The first-order valence-electron chi connectivity index (χ1n) is 21.4. The topological polar surface area (TPSA) is 174 Å². The molecule has 3 unspecified atom stereocenters. The summed E-state index contributed by atoms with van der Waals surface area (Å²) in [5.74, 6) is -2.55. The highest BCUT2D eigenvalue weighted by atomic mass is 35.5. The van der Waals surface area contributed by atoms with Gasteiger partial charge in [-0.15, -0.1) is 0 Å². The number of amides is 1. The fraction of sp³-hybridized carbons (Fsp3) is 0.340. The van der Waals surface area contributed by atoms with Gasteiger partial charge >= 0.3 is 0 Å². The van der Waals surface area contributed by atoms with Gasteiger partial charge in [-0.1, -0.05) is 75.2 Å². The van der Waals surface area contributed by atoms with Crippen molar-refractivity contribution < 1.29 is 31.9 Å². The van der Waals surface area contributed by atoms with Crippen LogP contribution in [0.25, 0.3) is 22.2 Å². The third-order valence-corrected chi connectivity index (χ3v) is 13.5. The van der Waals surface area contributed by atoms with Gasteiger partial charge in [-0.25, -0.2) is 32.2 Å². The number of carbonyl (C=O) groups is 2. The van der Waals surface area contributed by atoms with Crippen molar-refractivity contribution in [1.82, 2.24) is 30.2 Å². The number of rotatable bonds is 13. The minimum Gasteiger partial charge on any atom is -0.387 e. The molecule has 18 heteroatoms. The largest absolute Gasteiger partial charge is 0.387 e. The fourth-order valence-corrected chi connectivity index (χ4v) is 9.55. The zero-order valence-electron chi connectivity index (χ0n) is 36.3. The molecule has 3 aromatic heterocycles. The zero-order valence-corrected chi connectivity index (χ0v) is 38.6. The summed E-state index contributed by atoms with van der Waals surface area (Å²) in [5.41, 5.74) is 3.26. The van der Waals surface area contributed by atoms with Gasteiger partial charge in [0, 0.05) is 83.3 Å². The number of H-pyrrole nitrogens is 1. The maximum Gasteiger partial charge on any atom is 0.232 e. The Balaban J connectivity index is 0.000000194. The van der Waals surface area contributed by atoms with Crippen molar-refractivity contribution in [2.24, 2.45) is 0 Å². The Morgan fingerprint density at radius 1 is 0.938 bits per heavy atom. The van der Waals surface area contributed by atoms with Crippen LogP contribution in [0.1, 0.15) is 91.2 Å². The first kappa shape index (κ1) is 47.4. The summed E-state index contributed by atoms with van der Waals surface area (Å²) in [5, 5.41) is 15.3. The number of piperazine rings is 1. The highest BCUT2D eigenvalue weighted by Crippen LogP contribution is 2.43. The monoisotopic (exact) mass is 946 g/mol. The number of aliphatic hydroxyl groups is 1. The summed E-state index contributed by atoms with van der Waals surface area (Å²) in [6.07, 6.45) is 4.94. The van der Waals surface area contributed by atoms with Crippen LogP contribution in [0.15, 0.2) is 85.5 Å². The van der Waals surface area contributed by atoms with Gasteiger partial charge in [-0.3, -0.25) is 14.3 Å². The minimum absolute atomic E-state index is 0.000297. The second-order valence-corrected chi connectivity index (χ2v) is 19.2. The van der Waals surface area contributed by atoms with Crippen LogP contribution in [0.4, 0.5) is 20.3 Å². The third kappa shape index (κ3) is 10.8. The van der Waals surface area contributed by atoms with E-state index < -0.39 is 44.8 Å². The number of halogens is 4. The number of sulfonamides is 1. The van der Waals surface area contributed by atoms with Crippen molar-refractivity contribution in [3.63, 3.8) is 0 Å². The molecule has 1 fully saturated rings. The molecule has 6 aromatic rings. The molecule has 0 bridgehead atoms. The molecule has 13 nitrogen and oxygen atoms in total. The van der Waals surface area contributed by atoms with Crippen LogP contribution in [0.3, 0.4) is 0 Å². The van der Waals surface area contributed by atoms with E-state index in [1.165, 1.54) is 6.20 Å². The molecule has 1 saturated heterocycles. The lowest BCUT2D eigenvalue weighted by molar-refractivity contribution is -0.133. The van der Waals surface area contributed by atoms with E-state index in [0.717, 1.165) is 40.3 Å². The summed E-state index contributed by atoms with van der Waals surface area (Å²) < 4.78 is 55.8. The van der Waals surface area contributed by atoms with Crippen LogP contribution in [0, 0.1) is 11.6 Å². The molecule has 65 heavy (non-hydrogen) atoms. The van der Waals surface area contributed by atoms with Crippen LogP contribution < -0.4 is 14.9 Å². The van der Waals surface area contributed by atoms with Gasteiger partial charge in [0.05, 0.1) is 34.7 Å². The van der Waals surface area contributed by atoms with Gasteiger partial charge in [0.15, 0.2) is 5.82 Å². The fourth-order valence-electron chi connectivity index (χ4n) is 8.16. The normalized spacial score (nSPS) is 16.6. The molecule has 8 rings (SSSR count). The molecule has 4 N–H and O–H groups in total. The summed E-state index contributed by atoms with van der Waals surface area (Å²) in [4.78, 5) is 46.8. The quantitative estimate of drug-likeness (QED) is 0.0821. The number of ketones is 1. The van der Waals surface area contributed by atoms with Gasteiger partial charge in [-0.05, 0) is 72.4 Å². The van der Waals surface area contributed by atoms with Crippen LogP contribution in [0.2, 0.25) is 10.0 Å². The molecule has 4 heterocycles. The predicted octanol–water partition coefficient (Wildman–Crippen LogP) is 8.65. The number of benzene rings is 3. The Kier molecular flexibility index (Phi) is 14.8. The minimum atomic E-state index is -3.84. The smallest absolute Gasteiger partial charge is 0.232 e. The molecule has 2 aliphatic rings. The molecule has 1 amide bonds. The number of fused-ring (bicyclic) bond motifs is 2. The average Bonchev–Trinajstić information content (AvgIpc) is 3.84. The molecule has 3 atom stereocenters. The molecular weight excluding hydrogens is 898 g/mol. The maximum absolute atomic E-state index is 15.1. The van der Waals surface area contributed by atoms with Crippen LogP contribution in [-0.4, -0.2) is 94.6 Å². The molecular formula is C47H50Cl2F2N8O5S. The Morgan fingerprint density at radius 2 is 1.62 bits per heavy atom. The molecule has 1 aliphatic heterocycles. The van der Waals surface area contributed by atoms with Crippen molar-refractivity contribution >= 4 is 67.5 Å². The van der Waals surface area contributed by atoms with E-state index in [9.17, 15) is 27.5 Å². The van der Waals surface area contributed by atoms with E-state index in [1.807, 2.05) is 29.2 Å². The Hall–Kier alpha value is -5.52. The number of pyridine rings is 1. The summed E-state index contributed by atoms with van der Waals surface area (Å²) >= 11 is 12.0. The number of nitrogens with one attached hydrogen (secondary N) is 3. The number of hydrogen-bond donors (Lipinski definition) is 4. The number of carbonyl (C=O) groups excluding carboxylic acids is 2. The van der Waals surface area contributed by atoms with Gasteiger partial charge in [0.25, 0.3) is 0 Å². The lowest BCUT2D eigenvalue weighted by Crippen LogP contribution is -2.51. The number of aliphatic hydroxyl groups excluding tert-OH is 1. The van der Waals surface area contributed by atoms with Crippen molar-refractivity contribution in [1.29, 1.82) is 0 Å². The van der Waals surface area contributed by atoms with E-state index >= 15 is 4.39 Å². The lowest BCUT2D eigenvalue weighted by Gasteiger charge is -2.38. The molecule has 0 spiro atoms. The van der Waals surface area contributed by atoms with Gasteiger partial charge in [0.2, 0.25) is 21.7 Å². The Labute approximate surface area is 386 Å². The average molecular weight is 948 g/mol. The first-order valence-corrected chi connectivity index (χ1v) is 23.8. The third-order valence-electron chi connectivity index (χ3n) is 11.5. The second kappa shape index (κ2) is 20.3. The SMILES string of the molecule is CC(C)NCC(C(=O)N1CCN(c2ncnc3c2C(C)CC3O)CC1)c1ccc(Cl)cc1.CCCS(=O)(=O)Nc1ccc(F)c(C(=O)c2c[nH]c3ncc(-c4ccc(Cl)cc4)cc23)c1F. The Bertz CT molecular complexity index is 2790. The van der Waals surface area contributed by atoms with Crippen molar-refractivity contribution in [2.75, 3.05) is 48.1 Å². The maximum atomic E-state index is 15.1. The van der Waals surface area contributed by atoms with Crippen LogP contribution in [0.5, 0.6) is 0 Å². The number of anilines is 2.